The molecule has 64 valence electrons. The first-order valence-electron chi connectivity index (χ1n) is 3.54. The number of aryl methyl sites for hydroxylation is 1. The number of hydrogen-bond acceptors (Lipinski definition) is 2. The number of nitrogens with one attached hydrogen (secondary N) is 1. The van der Waals surface area contributed by atoms with Crippen molar-refractivity contribution in [2.75, 3.05) is 7.11 Å². The molecule has 0 saturated carbocycles. The summed E-state index contributed by atoms with van der Waals surface area (Å²) in [7, 11) is 1.50. The highest BCUT2D eigenvalue weighted by molar-refractivity contribution is 9.10. The van der Waals surface area contributed by atoms with Crippen molar-refractivity contribution in [2.45, 2.75) is 6.92 Å². The van der Waals surface area contributed by atoms with Gasteiger partial charge in [0.15, 0.2) is 0 Å². The molecular formula is C9H10BrNO. The number of ether oxygens (including phenoxy) is 1. The summed E-state index contributed by atoms with van der Waals surface area (Å²) >= 11 is 3.39. The van der Waals surface area contributed by atoms with E-state index in [0.29, 0.717) is 0 Å². The van der Waals surface area contributed by atoms with Gasteiger partial charge in [0.1, 0.15) is 0 Å². The van der Waals surface area contributed by atoms with E-state index in [1.54, 1.807) is 0 Å². The third kappa shape index (κ3) is 1.85. The Morgan fingerprint density at radius 1 is 1.50 bits per heavy atom. The van der Waals surface area contributed by atoms with E-state index in [0.717, 1.165) is 15.6 Å². The summed E-state index contributed by atoms with van der Waals surface area (Å²) < 4.78 is 5.80. The fourth-order valence-corrected chi connectivity index (χ4v) is 1.23. The van der Waals surface area contributed by atoms with Crippen molar-refractivity contribution in [2.24, 2.45) is 0 Å². The predicted octanol–water partition coefficient (Wildman–Crippen LogP) is 2.73. The molecule has 0 aliphatic rings. The van der Waals surface area contributed by atoms with E-state index in [4.69, 9.17) is 10.1 Å². The predicted molar refractivity (Wildman–Crippen MR) is 52.7 cm³/mol. The van der Waals surface area contributed by atoms with Crippen molar-refractivity contribution in [1.29, 1.82) is 5.41 Å². The fraction of sp³-hybridized carbons (Fsp3) is 0.222. The van der Waals surface area contributed by atoms with Gasteiger partial charge in [0, 0.05) is 10.0 Å². The molecule has 0 unspecified atom stereocenters. The molecule has 0 atom stereocenters. The second kappa shape index (κ2) is 3.72. The quantitative estimate of drug-likeness (QED) is 0.581. The lowest BCUT2D eigenvalue weighted by atomic mass is 10.1. The van der Waals surface area contributed by atoms with Gasteiger partial charge in [-0.3, -0.25) is 5.41 Å². The molecule has 1 N–H and O–H groups in total. The van der Waals surface area contributed by atoms with Crippen LogP contribution in [-0.2, 0) is 4.74 Å². The molecule has 1 rings (SSSR count). The van der Waals surface area contributed by atoms with Crippen LogP contribution in [-0.4, -0.2) is 13.0 Å². The van der Waals surface area contributed by atoms with Crippen molar-refractivity contribution in [3.8, 4) is 0 Å². The number of rotatable bonds is 1. The molecule has 1 aromatic rings. The maximum absolute atomic E-state index is 7.40. The molecule has 0 aromatic heterocycles. The zero-order valence-corrected chi connectivity index (χ0v) is 8.60. The molecule has 0 spiro atoms. The van der Waals surface area contributed by atoms with Gasteiger partial charge < -0.3 is 4.74 Å². The van der Waals surface area contributed by atoms with Crippen LogP contribution in [0.2, 0.25) is 0 Å². The van der Waals surface area contributed by atoms with E-state index in [2.05, 4.69) is 15.9 Å². The summed E-state index contributed by atoms with van der Waals surface area (Å²) in [5.74, 6) is 0.190. The summed E-state index contributed by atoms with van der Waals surface area (Å²) in [4.78, 5) is 0. The lowest BCUT2D eigenvalue weighted by Crippen LogP contribution is -2.00. The van der Waals surface area contributed by atoms with E-state index >= 15 is 0 Å². The van der Waals surface area contributed by atoms with Crippen LogP contribution in [0.25, 0.3) is 0 Å². The van der Waals surface area contributed by atoms with Crippen molar-refractivity contribution >= 4 is 21.8 Å². The molecule has 1 aromatic carbocycles. The SMILES string of the molecule is COC(=N)c1ccc(C)c(Br)c1. The van der Waals surface area contributed by atoms with Gasteiger partial charge >= 0.3 is 0 Å². The highest BCUT2D eigenvalue weighted by Crippen LogP contribution is 2.17. The smallest absolute Gasteiger partial charge is 0.212 e. The van der Waals surface area contributed by atoms with E-state index in [1.807, 2.05) is 25.1 Å². The summed E-state index contributed by atoms with van der Waals surface area (Å²) in [5.41, 5.74) is 1.94. The van der Waals surface area contributed by atoms with Gasteiger partial charge in [-0.2, -0.15) is 0 Å². The fourth-order valence-electron chi connectivity index (χ4n) is 0.852. The summed E-state index contributed by atoms with van der Waals surface area (Å²) in [6.07, 6.45) is 0. The van der Waals surface area contributed by atoms with Crippen molar-refractivity contribution < 1.29 is 4.74 Å². The number of halogens is 1. The molecule has 0 amide bonds. The molecular weight excluding hydrogens is 218 g/mol. The summed E-state index contributed by atoms with van der Waals surface area (Å²) in [6.45, 7) is 2.00. The topological polar surface area (TPSA) is 33.1 Å². The molecule has 0 bridgehead atoms. The molecule has 0 saturated heterocycles. The Balaban J connectivity index is 3.05. The lowest BCUT2D eigenvalue weighted by Gasteiger charge is -2.03. The largest absolute Gasteiger partial charge is 0.481 e. The van der Waals surface area contributed by atoms with E-state index < -0.39 is 0 Å². The molecule has 0 fully saturated rings. The summed E-state index contributed by atoms with van der Waals surface area (Å²) in [5, 5.41) is 7.40. The first kappa shape index (κ1) is 9.26. The molecule has 2 nitrogen and oxygen atoms in total. The maximum Gasteiger partial charge on any atom is 0.212 e. The van der Waals surface area contributed by atoms with Crippen LogP contribution in [0.15, 0.2) is 22.7 Å². The Labute approximate surface area is 80.2 Å². The molecule has 0 aliphatic heterocycles. The van der Waals surface area contributed by atoms with E-state index in [-0.39, 0.29) is 5.90 Å². The highest BCUT2D eigenvalue weighted by Gasteiger charge is 2.02. The van der Waals surface area contributed by atoms with Crippen LogP contribution >= 0.6 is 15.9 Å². The van der Waals surface area contributed by atoms with Crippen LogP contribution in [0.3, 0.4) is 0 Å². The van der Waals surface area contributed by atoms with Gasteiger partial charge in [0.25, 0.3) is 0 Å². The minimum atomic E-state index is 0.190. The first-order valence-corrected chi connectivity index (χ1v) is 4.33. The Kier molecular flexibility index (Phi) is 2.87. The van der Waals surface area contributed by atoms with Crippen LogP contribution in [0.4, 0.5) is 0 Å². The zero-order chi connectivity index (χ0) is 9.14. The van der Waals surface area contributed by atoms with Crippen molar-refractivity contribution in [3.05, 3.63) is 33.8 Å². The van der Waals surface area contributed by atoms with Crippen LogP contribution in [0.1, 0.15) is 11.1 Å². The average molecular weight is 228 g/mol. The van der Waals surface area contributed by atoms with Crippen molar-refractivity contribution in [1.82, 2.24) is 0 Å². The van der Waals surface area contributed by atoms with E-state index in [1.165, 1.54) is 7.11 Å². The normalized spacial score (nSPS) is 9.58. The second-order valence-electron chi connectivity index (χ2n) is 2.50. The van der Waals surface area contributed by atoms with Crippen LogP contribution < -0.4 is 0 Å². The highest BCUT2D eigenvalue weighted by atomic mass is 79.9. The summed E-state index contributed by atoms with van der Waals surface area (Å²) in [6, 6.07) is 5.69. The van der Waals surface area contributed by atoms with Crippen LogP contribution in [0.5, 0.6) is 0 Å². The molecule has 12 heavy (non-hydrogen) atoms. The Morgan fingerprint density at radius 3 is 2.67 bits per heavy atom. The lowest BCUT2D eigenvalue weighted by molar-refractivity contribution is 0.401. The zero-order valence-electron chi connectivity index (χ0n) is 7.02. The standard InChI is InChI=1S/C9H10BrNO/c1-6-3-4-7(5-8(6)10)9(11)12-2/h3-5,11H,1-2H3. The van der Waals surface area contributed by atoms with Gasteiger partial charge in [0.2, 0.25) is 5.90 Å². The second-order valence-corrected chi connectivity index (χ2v) is 3.35. The maximum atomic E-state index is 7.40. The monoisotopic (exact) mass is 227 g/mol. The Hall–Kier alpha value is -0.830. The molecule has 0 heterocycles. The molecule has 0 aliphatic carbocycles. The number of benzene rings is 1. The third-order valence-corrected chi connectivity index (χ3v) is 2.49. The molecule has 0 radical (unpaired) electrons. The van der Waals surface area contributed by atoms with Gasteiger partial charge in [-0.05, 0) is 24.6 Å². The Morgan fingerprint density at radius 2 is 2.17 bits per heavy atom. The molecule has 3 heteroatoms. The number of methoxy groups -OCH3 is 1. The van der Waals surface area contributed by atoms with Gasteiger partial charge in [-0.25, -0.2) is 0 Å². The first-order chi connectivity index (χ1) is 5.65. The average Bonchev–Trinajstić information content (AvgIpc) is 2.08. The van der Waals surface area contributed by atoms with Gasteiger partial charge in [-0.1, -0.05) is 22.0 Å². The van der Waals surface area contributed by atoms with Crippen molar-refractivity contribution in [3.63, 3.8) is 0 Å². The Bertz CT molecular complexity index is 309. The third-order valence-electron chi connectivity index (χ3n) is 1.64. The van der Waals surface area contributed by atoms with Crippen LogP contribution in [0, 0.1) is 12.3 Å². The van der Waals surface area contributed by atoms with Gasteiger partial charge in [0.05, 0.1) is 7.11 Å². The minimum Gasteiger partial charge on any atom is -0.481 e. The minimum absolute atomic E-state index is 0.190. The van der Waals surface area contributed by atoms with Gasteiger partial charge in [-0.15, -0.1) is 0 Å². The van der Waals surface area contributed by atoms with E-state index in [9.17, 15) is 0 Å². The number of hydrogen-bond donors (Lipinski definition) is 1.